The highest BCUT2D eigenvalue weighted by Crippen LogP contribution is 2.52. The summed E-state index contributed by atoms with van der Waals surface area (Å²) in [5, 5.41) is 0. The van der Waals surface area contributed by atoms with E-state index in [0.717, 1.165) is 19.4 Å². The Labute approximate surface area is 115 Å². The van der Waals surface area contributed by atoms with Crippen molar-refractivity contribution in [3.05, 3.63) is 35.9 Å². The fourth-order valence-electron chi connectivity index (χ4n) is 3.49. The predicted octanol–water partition coefficient (Wildman–Crippen LogP) is 2.51. The van der Waals surface area contributed by atoms with E-state index in [-0.39, 0.29) is 5.41 Å². The summed E-state index contributed by atoms with van der Waals surface area (Å²) >= 11 is 0. The molecule has 0 spiro atoms. The van der Waals surface area contributed by atoms with Gasteiger partial charge in [0.25, 0.3) is 0 Å². The van der Waals surface area contributed by atoms with Gasteiger partial charge in [0, 0.05) is 18.1 Å². The van der Waals surface area contributed by atoms with Crippen LogP contribution >= 0.6 is 0 Å². The van der Waals surface area contributed by atoms with Crippen LogP contribution in [0.4, 0.5) is 0 Å². The monoisotopic (exact) mass is 260 g/mol. The molecule has 1 aromatic rings. The summed E-state index contributed by atoms with van der Waals surface area (Å²) in [7, 11) is 0. The van der Waals surface area contributed by atoms with E-state index in [1.165, 1.54) is 31.2 Å². The summed E-state index contributed by atoms with van der Waals surface area (Å²) in [5.74, 6) is 5.83. The molecule has 0 radical (unpaired) electrons. The third-order valence-corrected chi connectivity index (χ3v) is 4.81. The van der Waals surface area contributed by atoms with Crippen molar-refractivity contribution in [3.8, 4) is 0 Å². The highest BCUT2D eigenvalue weighted by Gasteiger charge is 2.50. The number of hydrogen-bond donors (Lipinski definition) is 2. The summed E-state index contributed by atoms with van der Waals surface area (Å²) in [6, 6.07) is 11.2. The van der Waals surface area contributed by atoms with Gasteiger partial charge < -0.3 is 4.74 Å². The second kappa shape index (κ2) is 5.61. The van der Waals surface area contributed by atoms with Crippen molar-refractivity contribution in [1.82, 2.24) is 5.43 Å². The number of ether oxygens (including phenoxy) is 1. The number of hydrazine groups is 1. The van der Waals surface area contributed by atoms with E-state index < -0.39 is 0 Å². The first-order valence-corrected chi connectivity index (χ1v) is 7.48. The number of nitrogens with one attached hydrogen (secondary N) is 1. The molecular weight excluding hydrogens is 236 g/mol. The SMILES string of the molecule is NNC(CCC1CCCO1)C1(c2ccccc2)CC1. The molecule has 2 unspecified atom stereocenters. The van der Waals surface area contributed by atoms with Gasteiger partial charge in [-0.3, -0.25) is 11.3 Å². The third-order valence-electron chi connectivity index (χ3n) is 4.81. The second-order valence-electron chi connectivity index (χ2n) is 5.95. The van der Waals surface area contributed by atoms with Crippen molar-refractivity contribution >= 4 is 0 Å². The molecule has 1 aliphatic heterocycles. The minimum absolute atomic E-state index is 0.272. The minimum Gasteiger partial charge on any atom is -0.378 e. The zero-order valence-corrected chi connectivity index (χ0v) is 11.5. The Bertz CT molecular complexity index is 396. The lowest BCUT2D eigenvalue weighted by molar-refractivity contribution is 0.0981. The van der Waals surface area contributed by atoms with E-state index in [0.29, 0.717) is 12.1 Å². The van der Waals surface area contributed by atoms with Crippen molar-refractivity contribution in [2.45, 2.75) is 56.1 Å². The summed E-state index contributed by atoms with van der Waals surface area (Å²) in [4.78, 5) is 0. The van der Waals surface area contributed by atoms with Gasteiger partial charge in [0.1, 0.15) is 0 Å². The summed E-state index contributed by atoms with van der Waals surface area (Å²) < 4.78 is 5.72. The molecule has 2 aliphatic rings. The van der Waals surface area contributed by atoms with Crippen LogP contribution < -0.4 is 11.3 Å². The van der Waals surface area contributed by atoms with Crippen LogP contribution in [0.2, 0.25) is 0 Å². The number of benzene rings is 1. The van der Waals surface area contributed by atoms with E-state index in [2.05, 4.69) is 35.8 Å². The number of nitrogens with two attached hydrogens (primary N) is 1. The Morgan fingerprint density at radius 1 is 1.32 bits per heavy atom. The molecule has 19 heavy (non-hydrogen) atoms. The average molecular weight is 260 g/mol. The van der Waals surface area contributed by atoms with E-state index in [4.69, 9.17) is 10.6 Å². The fraction of sp³-hybridized carbons (Fsp3) is 0.625. The normalized spacial score (nSPS) is 26.3. The topological polar surface area (TPSA) is 47.3 Å². The van der Waals surface area contributed by atoms with E-state index in [1.807, 2.05) is 0 Å². The highest BCUT2D eigenvalue weighted by molar-refractivity contribution is 5.33. The van der Waals surface area contributed by atoms with Gasteiger partial charge in [0.2, 0.25) is 0 Å². The molecule has 2 fully saturated rings. The largest absolute Gasteiger partial charge is 0.378 e. The lowest BCUT2D eigenvalue weighted by Crippen LogP contribution is -2.44. The van der Waals surface area contributed by atoms with E-state index in [1.54, 1.807) is 0 Å². The van der Waals surface area contributed by atoms with Crippen LogP contribution in [0, 0.1) is 0 Å². The molecule has 3 nitrogen and oxygen atoms in total. The van der Waals surface area contributed by atoms with Crippen LogP contribution in [0.1, 0.15) is 44.1 Å². The molecule has 3 N–H and O–H groups in total. The Morgan fingerprint density at radius 3 is 2.68 bits per heavy atom. The summed E-state index contributed by atoms with van der Waals surface area (Å²) in [6.07, 6.45) is 7.63. The highest BCUT2D eigenvalue weighted by atomic mass is 16.5. The van der Waals surface area contributed by atoms with Crippen molar-refractivity contribution in [1.29, 1.82) is 0 Å². The second-order valence-corrected chi connectivity index (χ2v) is 5.95. The average Bonchev–Trinajstić information content (AvgIpc) is 3.10. The fourth-order valence-corrected chi connectivity index (χ4v) is 3.49. The van der Waals surface area contributed by atoms with Gasteiger partial charge in [-0.05, 0) is 44.1 Å². The van der Waals surface area contributed by atoms with Crippen molar-refractivity contribution in [2.75, 3.05) is 6.61 Å². The first-order valence-electron chi connectivity index (χ1n) is 7.48. The van der Waals surface area contributed by atoms with Crippen molar-refractivity contribution < 1.29 is 4.74 Å². The van der Waals surface area contributed by atoms with Gasteiger partial charge in [0.15, 0.2) is 0 Å². The molecule has 3 heteroatoms. The third kappa shape index (κ3) is 2.69. The van der Waals surface area contributed by atoms with Gasteiger partial charge in [-0.15, -0.1) is 0 Å². The Hall–Kier alpha value is -0.900. The zero-order valence-electron chi connectivity index (χ0n) is 11.5. The maximum atomic E-state index is 5.83. The standard InChI is InChI=1S/C16H24N2O/c17-18-15(9-8-14-7-4-12-19-14)16(10-11-16)13-5-2-1-3-6-13/h1-3,5-6,14-15,18H,4,7-12,17H2. The molecule has 1 aromatic carbocycles. The van der Waals surface area contributed by atoms with Crippen LogP contribution in [-0.2, 0) is 10.2 Å². The Balaban J connectivity index is 1.64. The van der Waals surface area contributed by atoms with E-state index in [9.17, 15) is 0 Å². The van der Waals surface area contributed by atoms with Crippen LogP contribution in [-0.4, -0.2) is 18.8 Å². The molecule has 0 bridgehead atoms. The van der Waals surface area contributed by atoms with E-state index >= 15 is 0 Å². The Kier molecular flexibility index (Phi) is 3.87. The van der Waals surface area contributed by atoms with Gasteiger partial charge in [0.05, 0.1) is 6.10 Å². The van der Waals surface area contributed by atoms with Gasteiger partial charge in [-0.1, -0.05) is 30.3 Å². The molecule has 104 valence electrons. The maximum Gasteiger partial charge on any atom is 0.0576 e. The molecule has 1 saturated carbocycles. The minimum atomic E-state index is 0.272. The van der Waals surface area contributed by atoms with Gasteiger partial charge >= 0.3 is 0 Å². The first-order chi connectivity index (χ1) is 9.35. The van der Waals surface area contributed by atoms with Crippen molar-refractivity contribution in [3.63, 3.8) is 0 Å². The van der Waals surface area contributed by atoms with Crippen LogP contribution in [0.3, 0.4) is 0 Å². The first kappa shape index (κ1) is 13.1. The lowest BCUT2D eigenvalue weighted by Gasteiger charge is -2.27. The van der Waals surface area contributed by atoms with Crippen LogP contribution in [0.5, 0.6) is 0 Å². The molecule has 3 rings (SSSR count). The Morgan fingerprint density at radius 2 is 2.11 bits per heavy atom. The molecular formula is C16H24N2O. The lowest BCUT2D eigenvalue weighted by atomic mass is 9.85. The smallest absolute Gasteiger partial charge is 0.0576 e. The molecule has 2 atom stereocenters. The zero-order chi connectivity index (χ0) is 13.1. The van der Waals surface area contributed by atoms with Crippen LogP contribution in [0.25, 0.3) is 0 Å². The summed E-state index contributed by atoms with van der Waals surface area (Å²) in [6.45, 7) is 0.940. The number of rotatable bonds is 6. The van der Waals surface area contributed by atoms with Gasteiger partial charge in [-0.25, -0.2) is 0 Å². The molecule has 0 aromatic heterocycles. The molecule has 1 saturated heterocycles. The molecule has 1 heterocycles. The van der Waals surface area contributed by atoms with Gasteiger partial charge in [-0.2, -0.15) is 0 Å². The molecule has 1 aliphatic carbocycles. The number of hydrogen-bond acceptors (Lipinski definition) is 3. The molecule has 0 amide bonds. The summed E-state index contributed by atoms with van der Waals surface area (Å²) in [5.41, 5.74) is 4.78. The van der Waals surface area contributed by atoms with Crippen LogP contribution in [0.15, 0.2) is 30.3 Å². The maximum absolute atomic E-state index is 5.83. The predicted molar refractivity (Wildman–Crippen MR) is 76.7 cm³/mol. The quantitative estimate of drug-likeness (QED) is 0.610. The van der Waals surface area contributed by atoms with Crippen molar-refractivity contribution in [2.24, 2.45) is 5.84 Å².